The van der Waals surface area contributed by atoms with E-state index in [1.54, 1.807) is 15.9 Å². The second kappa shape index (κ2) is 8.55. The van der Waals surface area contributed by atoms with Crippen LogP contribution in [0.25, 0.3) is 0 Å². The maximum atomic E-state index is 12.7. The summed E-state index contributed by atoms with van der Waals surface area (Å²) in [5.74, 6) is -0.0707. The number of amides is 3. The van der Waals surface area contributed by atoms with Crippen molar-refractivity contribution in [1.29, 1.82) is 0 Å². The molecule has 3 amide bonds. The number of anilines is 1. The molecule has 0 aliphatic carbocycles. The molecule has 2 aromatic carbocycles. The summed E-state index contributed by atoms with van der Waals surface area (Å²) in [6.45, 7) is 3.67. The van der Waals surface area contributed by atoms with Gasteiger partial charge in [0.15, 0.2) is 0 Å². The summed E-state index contributed by atoms with van der Waals surface area (Å²) in [4.78, 5) is 28.5. The molecular formula is C21H22F3N3O2. The summed E-state index contributed by atoms with van der Waals surface area (Å²) in [5.41, 5.74) is 1.14. The zero-order valence-electron chi connectivity index (χ0n) is 16.0. The van der Waals surface area contributed by atoms with Crippen LogP contribution in [0.3, 0.4) is 0 Å². The Balaban J connectivity index is 1.59. The van der Waals surface area contributed by atoms with Crippen molar-refractivity contribution in [3.63, 3.8) is 0 Å². The van der Waals surface area contributed by atoms with Crippen LogP contribution in [-0.4, -0.2) is 47.9 Å². The van der Waals surface area contributed by atoms with Crippen LogP contribution in [-0.2, 0) is 6.18 Å². The first-order valence-electron chi connectivity index (χ1n) is 9.33. The number of nitrogens with zero attached hydrogens (tertiary/aromatic N) is 2. The zero-order chi connectivity index (χ0) is 21.0. The summed E-state index contributed by atoms with van der Waals surface area (Å²) >= 11 is 0. The fraction of sp³-hybridized carbons (Fsp3) is 0.333. The van der Waals surface area contributed by atoms with Gasteiger partial charge in [0.25, 0.3) is 5.91 Å². The summed E-state index contributed by atoms with van der Waals surface area (Å²) in [6, 6.07) is 11.3. The molecule has 2 aromatic rings. The van der Waals surface area contributed by atoms with Gasteiger partial charge in [-0.25, -0.2) is 4.79 Å². The van der Waals surface area contributed by atoms with Gasteiger partial charge in [-0.1, -0.05) is 17.7 Å². The van der Waals surface area contributed by atoms with Crippen LogP contribution in [0, 0.1) is 6.92 Å². The second-order valence-corrected chi connectivity index (χ2v) is 7.01. The van der Waals surface area contributed by atoms with Crippen molar-refractivity contribution in [2.24, 2.45) is 0 Å². The molecule has 0 spiro atoms. The van der Waals surface area contributed by atoms with E-state index in [4.69, 9.17) is 0 Å². The predicted octanol–water partition coefficient (Wildman–Crippen LogP) is 4.39. The molecular weight excluding hydrogens is 383 g/mol. The highest BCUT2D eigenvalue weighted by Gasteiger charge is 2.30. The standard InChI is InChI=1S/C21H22F3N3O2/c1-15-4-2-5-16(14-15)19(28)26-10-3-11-27(13-12-26)20(29)25-18-8-6-17(7-9-18)21(22,23)24/h2,4-9,14H,3,10-13H2,1H3,(H,25,29). The SMILES string of the molecule is Cc1cccc(C(=O)N2CCCN(C(=O)Nc3ccc(C(F)(F)F)cc3)CC2)c1. The lowest BCUT2D eigenvalue weighted by atomic mass is 10.1. The van der Waals surface area contributed by atoms with E-state index in [2.05, 4.69) is 5.32 Å². The van der Waals surface area contributed by atoms with Gasteiger partial charge >= 0.3 is 12.2 Å². The lowest BCUT2D eigenvalue weighted by Gasteiger charge is -2.22. The van der Waals surface area contributed by atoms with Gasteiger partial charge < -0.3 is 15.1 Å². The highest BCUT2D eigenvalue weighted by molar-refractivity contribution is 5.94. The molecule has 0 saturated carbocycles. The van der Waals surface area contributed by atoms with E-state index in [1.807, 2.05) is 25.1 Å². The Kier molecular flexibility index (Phi) is 6.10. The molecule has 1 N–H and O–H groups in total. The maximum absolute atomic E-state index is 12.7. The first-order valence-corrected chi connectivity index (χ1v) is 9.33. The van der Waals surface area contributed by atoms with Gasteiger partial charge in [-0.2, -0.15) is 13.2 Å². The zero-order valence-corrected chi connectivity index (χ0v) is 16.0. The van der Waals surface area contributed by atoms with Crippen molar-refractivity contribution in [3.8, 4) is 0 Å². The molecule has 1 heterocycles. The minimum atomic E-state index is -4.42. The van der Waals surface area contributed by atoms with Crippen LogP contribution < -0.4 is 5.32 Å². The van der Waals surface area contributed by atoms with Crippen molar-refractivity contribution in [2.75, 3.05) is 31.5 Å². The number of halogens is 3. The van der Waals surface area contributed by atoms with E-state index in [-0.39, 0.29) is 5.91 Å². The van der Waals surface area contributed by atoms with Crippen molar-refractivity contribution >= 4 is 17.6 Å². The smallest absolute Gasteiger partial charge is 0.337 e. The third kappa shape index (κ3) is 5.28. The number of hydrogen-bond acceptors (Lipinski definition) is 2. The van der Waals surface area contributed by atoms with Gasteiger partial charge in [-0.05, 0) is 49.7 Å². The highest BCUT2D eigenvalue weighted by Crippen LogP contribution is 2.29. The van der Waals surface area contributed by atoms with Crippen LogP contribution in [0.4, 0.5) is 23.7 Å². The van der Waals surface area contributed by atoms with Gasteiger partial charge in [-0.15, -0.1) is 0 Å². The number of alkyl halides is 3. The Morgan fingerprint density at radius 2 is 1.59 bits per heavy atom. The largest absolute Gasteiger partial charge is 0.416 e. The highest BCUT2D eigenvalue weighted by atomic mass is 19.4. The summed E-state index contributed by atoms with van der Waals surface area (Å²) in [7, 11) is 0. The number of aryl methyl sites for hydroxylation is 1. The average Bonchev–Trinajstić information content (AvgIpc) is 2.93. The number of carbonyl (C=O) groups is 2. The van der Waals surface area contributed by atoms with Gasteiger partial charge in [0.05, 0.1) is 5.56 Å². The fourth-order valence-corrected chi connectivity index (χ4v) is 3.23. The Labute approximate surface area is 167 Å². The van der Waals surface area contributed by atoms with E-state index in [1.165, 1.54) is 12.1 Å². The second-order valence-electron chi connectivity index (χ2n) is 7.01. The number of carbonyl (C=O) groups excluding carboxylic acids is 2. The minimum absolute atomic E-state index is 0.0707. The van der Waals surface area contributed by atoms with E-state index in [9.17, 15) is 22.8 Å². The van der Waals surface area contributed by atoms with Gasteiger partial charge in [0.1, 0.15) is 0 Å². The quantitative estimate of drug-likeness (QED) is 0.806. The Bertz CT molecular complexity index is 881. The van der Waals surface area contributed by atoms with Crippen LogP contribution in [0.1, 0.15) is 27.9 Å². The summed E-state index contributed by atoms with van der Waals surface area (Å²) in [6.07, 6.45) is -3.79. The Hall–Kier alpha value is -3.03. The number of rotatable bonds is 2. The van der Waals surface area contributed by atoms with E-state index in [0.717, 1.165) is 17.7 Å². The van der Waals surface area contributed by atoms with E-state index in [0.29, 0.717) is 43.9 Å². The molecule has 5 nitrogen and oxygen atoms in total. The Morgan fingerprint density at radius 1 is 0.931 bits per heavy atom. The third-order valence-electron chi connectivity index (χ3n) is 4.80. The fourth-order valence-electron chi connectivity index (χ4n) is 3.23. The first-order chi connectivity index (χ1) is 13.7. The van der Waals surface area contributed by atoms with E-state index < -0.39 is 17.8 Å². The summed E-state index contributed by atoms with van der Waals surface area (Å²) in [5, 5.41) is 2.62. The summed E-state index contributed by atoms with van der Waals surface area (Å²) < 4.78 is 37.9. The number of hydrogen-bond donors (Lipinski definition) is 1. The lowest BCUT2D eigenvalue weighted by molar-refractivity contribution is -0.137. The molecule has 1 fully saturated rings. The normalized spacial score (nSPS) is 15.0. The van der Waals surface area contributed by atoms with Gasteiger partial charge in [0.2, 0.25) is 0 Å². The molecule has 0 bridgehead atoms. The van der Waals surface area contributed by atoms with Gasteiger partial charge in [0, 0.05) is 37.4 Å². The molecule has 0 radical (unpaired) electrons. The molecule has 154 valence electrons. The van der Waals surface area contributed by atoms with E-state index >= 15 is 0 Å². The monoisotopic (exact) mass is 405 g/mol. The molecule has 0 atom stereocenters. The van der Waals surface area contributed by atoms with Crippen LogP contribution in [0.15, 0.2) is 48.5 Å². The first kappa shape index (κ1) is 20.7. The van der Waals surface area contributed by atoms with Crippen LogP contribution >= 0.6 is 0 Å². The molecule has 1 saturated heterocycles. The molecule has 8 heteroatoms. The number of benzene rings is 2. The molecule has 1 aliphatic heterocycles. The minimum Gasteiger partial charge on any atom is -0.337 e. The molecule has 0 aromatic heterocycles. The number of nitrogens with one attached hydrogen (secondary N) is 1. The molecule has 1 aliphatic rings. The van der Waals surface area contributed by atoms with Gasteiger partial charge in [-0.3, -0.25) is 4.79 Å². The molecule has 29 heavy (non-hydrogen) atoms. The molecule has 0 unspecified atom stereocenters. The lowest BCUT2D eigenvalue weighted by Crippen LogP contribution is -2.39. The predicted molar refractivity (Wildman–Crippen MR) is 104 cm³/mol. The van der Waals surface area contributed by atoms with Crippen molar-refractivity contribution < 1.29 is 22.8 Å². The van der Waals surface area contributed by atoms with Crippen molar-refractivity contribution in [1.82, 2.24) is 9.80 Å². The average molecular weight is 405 g/mol. The van der Waals surface area contributed by atoms with Crippen LogP contribution in [0.2, 0.25) is 0 Å². The molecule has 3 rings (SSSR count). The van der Waals surface area contributed by atoms with Crippen molar-refractivity contribution in [2.45, 2.75) is 19.5 Å². The Morgan fingerprint density at radius 3 is 2.24 bits per heavy atom. The van der Waals surface area contributed by atoms with Crippen molar-refractivity contribution in [3.05, 3.63) is 65.2 Å². The third-order valence-corrected chi connectivity index (χ3v) is 4.80. The number of urea groups is 1. The van der Waals surface area contributed by atoms with Crippen LogP contribution in [0.5, 0.6) is 0 Å². The maximum Gasteiger partial charge on any atom is 0.416 e. The topological polar surface area (TPSA) is 52.7 Å².